The number of ether oxygens (including phenoxy) is 2. The van der Waals surface area contributed by atoms with E-state index < -0.39 is 29.8 Å². The number of nitrogens with zero attached hydrogens (tertiary/aromatic N) is 1. The third-order valence-corrected chi connectivity index (χ3v) is 3.89. The molecule has 1 aromatic carbocycles. The summed E-state index contributed by atoms with van der Waals surface area (Å²) in [5, 5.41) is 9.71. The average Bonchev–Trinajstić information content (AvgIpc) is 2.83. The van der Waals surface area contributed by atoms with Crippen molar-refractivity contribution in [2.24, 2.45) is 5.92 Å². The van der Waals surface area contributed by atoms with Crippen LogP contribution < -0.4 is 0 Å². The van der Waals surface area contributed by atoms with E-state index in [-0.39, 0.29) is 12.5 Å². The second kappa shape index (κ2) is 7.21. The van der Waals surface area contributed by atoms with Crippen LogP contribution in [0.2, 0.25) is 0 Å². The Morgan fingerprint density at radius 3 is 2.42 bits per heavy atom. The van der Waals surface area contributed by atoms with Crippen molar-refractivity contribution in [1.82, 2.24) is 4.90 Å². The van der Waals surface area contributed by atoms with Crippen LogP contribution in [-0.4, -0.2) is 53.0 Å². The number of hydrogen-bond acceptors (Lipinski definition) is 5. The molecule has 1 heterocycles. The van der Waals surface area contributed by atoms with Gasteiger partial charge in [0.15, 0.2) is 0 Å². The van der Waals surface area contributed by atoms with Crippen molar-refractivity contribution in [2.75, 3.05) is 13.2 Å². The van der Waals surface area contributed by atoms with Crippen LogP contribution in [0.3, 0.4) is 0 Å². The van der Waals surface area contributed by atoms with Crippen molar-refractivity contribution >= 4 is 12.1 Å². The van der Waals surface area contributed by atoms with E-state index in [2.05, 4.69) is 0 Å². The van der Waals surface area contributed by atoms with Crippen LogP contribution in [0.25, 0.3) is 0 Å². The molecule has 1 saturated heterocycles. The van der Waals surface area contributed by atoms with Gasteiger partial charge in [-0.25, -0.2) is 9.59 Å². The minimum Gasteiger partial charge on any atom is -0.456 e. The summed E-state index contributed by atoms with van der Waals surface area (Å²) in [6.45, 7) is 7.31. The molecule has 132 valence electrons. The Kier molecular flexibility index (Phi) is 5.49. The van der Waals surface area contributed by atoms with E-state index in [0.29, 0.717) is 12.1 Å². The van der Waals surface area contributed by atoms with E-state index in [1.165, 1.54) is 4.90 Å². The number of carbonyl (C=O) groups is 2. The number of esters is 1. The minimum absolute atomic E-state index is 0.0951. The molecule has 0 radical (unpaired) electrons. The van der Waals surface area contributed by atoms with Gasteiger partial charge in [-0.05, 0) is 32.9 Å². The summed E-state index contributed by atoms with van der Waals surface area (Å²) in [7, 11) is 0. The molecule has 3 atom stereocenters. The van der Waals surface area contributed by atoms with Crippen molar-refractivity contribution in [1.29, 1.82) is 0 Å². The van der Waals surface area contributed by atoms with Crippen LogP contribution in [0, 0.1) is 5.92 Å². The zero-order valence-corrected chi connectivity index (χ0v) is 14.6. The zero-order valence-electron chi connectivity index (χ0n) is 14.6. The van der Waals surface area contributed by atoms with Gasteiger partial charge in [0.25, 0.3) is 0 Å². The first-order valence-corrected chi connectivity index (χ1v) is 8.09. The predicted octanol–water partition coefficient (Wildman–Crippen LogP) is 2.46. The first-order chi connectivity index (χ1) is 11.2. The number of aliphatic hydroxyl groups excluding tert-OH is 1. The first kappa shape index (κ1) is 18.3. The van der Waals surface area contributed by atoms with Crippen LogP contribution in [0.15, 0.2) is 30.3 Å². The molecule has 1 fully saturated rings. The quantitative estimate of drug-likeness (QED) is 0.859. The fourth-order valence-electron chi connectivity index (χ4n) is 2.80. The van der Waals surface area contributed by atoms with Gasteiger partial charge in [-0.3, -0.25) is 4.90 Å². The molecule has 0 spiro atoms. The van der Waals surface area contributed by atoms with E-state index in [4.69, 9.17) is 9.47 Å². The summed E-state index contributed by atoms with van der Waals surface area (Å²) >= 11 is 0. The van der Waals surface area contributed by atoms with Gasteiger partial charge in [0.05, 0.1) is 18.2 Å². The molecule has 24 heavy (non-hydrogen) atoms. The molecule has 1 aliphatic rings. The van der Waals surface area contributed by atoms with Gasteiger partial charge in [-0.2, -0.15) is 0 Å². The van der Waals surface area contributed by atoms with Gasteiger partial charge >= 0.3 is 12.1 Å². The summed E-state index contributed by atoms with van der Waals surface area (Å²) in [6.07, 6.45) is -1.08. The molecular weight excluding hydrogens is 310 g/mol. The summed E-state index contributed by atoms with van der Waals surface area (Å²) in [5.41, 5.74) is -0.184. The van der Waals surface area contributed by atoms with E-state index in [9.17, 15) is 14.7 Å². The van der Waals surface area contributed by atoms with Crippen LogP contribution in [-0.2, 0) is 9.47 Å². The fraction of sp³-hybridized carbons (Fsp3) is 0.556. The SMILES string of the molecule is C[C@@H]1CN(C(=O)OC(C)(C)C)[C@H](CO)[C@H]1OC(=O)c1ccccc1. The van der Waals surface area contributed by atoms with Crippen molar-refractivity contribution < 1.29 is 24.2 Å². The molecule has 2 rings (SSSR count). The second-order valence-corrected chi connectivity index (χ2v) is 7.10. The number of hydrogen-bond donors (Lipinski definition) is 1. The third-order valence-electron chi connectivity index (χ3n) is 3.89. The van der Waals surface area contributed by atoms with E-state index >= 15 is 0 Å². The molecule has 0 aliphatic carbocycles. The summed E-state index contributed by atoms with van der Waals surface area (Å²) in [6, 6.07) is 8.05. The molecule has 6 nitrogen and oxygen atoms in total. The summed E-state index contributed by atoms with van der Waals surface area (Å²) in [5.74, 6) is -0.556. The summed E-state index contributed by atoms with van der Waals surface area (Å²) in [4.78, 5) is 26.0. The maximum absolute atomic E-state index is 12.3. The van der Waals surface area contributed by atoms with Crippen LogP contribution in [0.5, 0.6) is 0 Å². The molecular formula is C18H25NO5. The Bertz CT molecular complexity index is 581. The highest BCUT2D eigenvalue weighted by Gasteiger charge is 2.45. The summed E-state index contributed by atoms with van der Waals surface area (Å²) < 4.78 is 11.0. The Morgan fingerprint density at radius 1 is 1.25 bits per heavy atom. The third kappa shape index (κ3) is 4.26. The van der Waals surface area contributed by atoms with Crippen LogP contribution in [0.1, 0.15) is 38.1 Å². The lowest BCUT2D eigenvalue weighted by molar-refractivity contribution is -0.00928. The highest BCUT2D eigenvalue weighted by molar-refractivity contribution is 5.89. The van der Waals surface area contributed by atoms with Gasteiger partial charge in [-0.15, -0.1) is 0 Å². The molecule has 0 saturated carbocycles. The van der Waals surface area contributed by atoms with Crippen molar-refractivity contribution in [3.63, 3.8) is 0 Å². The number of aliphatic hydroxyl groups is 1. The topological polar surface area (TPSA) is 76.1 Å². The number of amides is 1. The molecule has 1 N–H and O–H groups in total. The average molecular weight is 335 g/mol. The molecule has 1 amide bonds. The fourth-order valence-corrected chi connectivity index (χ4v) is 2.80. The van der Waals surface area contributed by atoms with Gasteiger partial charge in [0.2, 0.25) is 0 Å². The van der Waals surface area contributed by atoms with Crippen LogP contribution >= 0.6 is 0 Å². The van der Waals surface area contributed by atoms with Crippen molar-refractivity contribution in [2.45, 2.75) is 45.4 Å². The van der Waals surface area contributed by atoms with Crippen molar-refractivity contribution in [3.05, 3.63) is 35.9 Å². The molecule has 0 bridgehead atoms. The second-order valence-electron chi connectivity index (χ2n) is 7.10. The normalized spacial score (nSPS) is 23.9. The largest absolute Gasteiger partial charge is 0.456 e. The van der Waals surface area contributed by atoms with E-state index in [0.717, 1.165) is 0 Å². The Morgan fingerprint density at radius 2 is 1.88 bits per heavy atom. The van der Waals surface area contributed by atoms with Crippen LogP contribution in [0.4, 0.5) is 4.79 Å². The van der Waals surface area contributed by atoms with Gasteiger partial charge in [-0.1, -0.05) is 25.1 Å². The lowest BCUT2D eigenvalue weighted by Crippen LogP contribution is -2.45. The van der Waals surface area contributed by atoms with Crippen molar-refractivity contribution in [3.8, 4) is 0 Å². The molecule has 1 aliphatic heterocycles. The Hall–Kier alpha value is -2.08. The lowest BCUT2D eigenvalue weighted by atomic mass is 10.0. The molecule has 0 unspecified atom stereocenters. The zero-order chi connectivity index (χ0) is 17.9. The lowest BCUT2D eigenvalue weighted by Gasteiger charge is -2.29. The number of rotatable bonds is 3. The standard InChI is InChI=1S/C18H25NO5/c1-12-10-19(17(22)24-18(2,3)4)14(11-20)15(12)23-16(21)13-8-6-5-7-9-13/h5-9,12,14-15,20H,10-11H2,1-4H3/t12-,14-,15+/m1/s1. The smallest absolute Gasteiger partial charge is 0.410 e. The Labute approximate surface area is 142 Å². The first-order valence-electron chi connectivity index (χ1n) is 8.09. The van der Waals surface area contributed by atoms with Gasteiger partial charge in [0.1, 0.15) is 11.7 Å². The minimum atomic E-state index is -0.626. The Balaban J connectivity index is 2.10. The van der Waals surface area contributed by atoms with Gasteiger partial charge < -0.3 is 14.6 Å². The highest BCUT2D eigenvalue weighted by atomic mass is 16.6. The maximum Gasteiger partial charge on any atom is 0.410 e. The maximum atomic E-state index is 12.3. The number of carbonyl (C=O) groups excluding carboxylic acids is 2. The number of likely N-dealkylation sites (tertiary alicyclic amines) is 1. The molecule has 6 heteroatoms. The monoisotopic (exact) mass is 335 g/mol. The van der Waals surface area contributed by atoms with E-state index in [1.54, 1.807) is 45.0 Å². The van der Waals surface area contributed by atoms with E-state index in [1.807, 2.05) is 13.0 Å². The van der Waals surface area contributed by atoms with Gasteiger partial charge in [0, 0.05) is 12.5 Å². The molecule has 0 aromatic heterocycles. The predicted molar refractivity (Wildman–Crippen MR) is 88.6 cm³/mol. The molecule has 1 aromatic rings. The highest BCUT2D eigenvalue weighted by Crippen LogP contribution is 2.28. The number of benzene rings is 1.